The van der Waals surface area contributed by atoms with Crippen molar-refractivity contribution in [1.82, 2.24) is 0 Å². The van der Waals surface area contributed by atoms with Gasteiger partial charge in [0.25, 0.3) is 0 Å². The number of aliphatic hydroxyl groups excluding tert-OH is 1. The van der Waals surface area contributed by atoms with Gasteiger partial charge in [-0.05, 0) is 29.8 Å². The van der Waals surface area contributed by atoms with Crippen LogP contribution in [0.3, 0.4) is 0 Å². The van der Waals surface area contributed by atoms with Gasteiger partial charge in [0, 0.05) is 20.6 Å². The van der Waals surface area contributed by atoms with Crippen LogP contribution in [-0.4, -0.2) is 18.1 Å². The average Bonchev–Trinajstić information content (AvgIpc) is 2.36. The topological polar surface area (TPSA) is 77.4 Å². The van der Waals surface area contributed by atoms with Crippen molar-refractivity contribution in [2.24, 2.45) is 0 Å². The first-order chi connectivity index (χ1) is 9.70. The zero-order valence-corrected chi connectivity index (χ0v) is 16.3. The summed E-state index contributed by atoms with van der Waals surface area (Å²) < 4.78 is 33.0. The van der Waals surface area contributed by atoms with Crippen molar-refractivity contribution >= 4 is 44.9 Å². The molecule has 0 aromatic heterocycles. The Morgan fingerprint density at radius 2 is 1.59 bits per heavy atom. The SMILES string of the molecule is O=S(=O)([O-])c1cccc(C(O)c2c(Cl)cc(Cl)cc2Cl)c1.[Na+]. The molecule has 2 rings (SSSR count). The Morgan fingerprint density at radius 3 is 2.09 bits per heavy atom. The molecule has 0 saturated carbocycles. The fourth-order valence-electron chi connectivity index (χ4n) is 1.82. The van der Waals surface area contributed by atoms with Crippen LogP contribution in [-0.2, 0) is 10.1 Å². The van der Waals surface area contributed by atoms with Crippen molar-refractivity contribution < 1.29 is 47.6 Å². The Bertz CT molecular complexity index is 773. The molecule has 0 saturated heterocycles. The van der Waals surface area contributed by atoms with E-state index >= 15 is 0 Å². The molecule has 2 aromatic carbocycles. The van der Waals surface area contributed by atoms with Crippen LogP contribution in [0.1, 0.15) is 17.2 Å². The van der Waals surface area contributed by atoms with E-state index in [1.165, 1.54) is 24.3 Å². The molecule has 0 amide bonds. The van der Waals surface area contributed by atoms with Gasteiger partial charge in [0.15, 0.2) is 0 Å². The smallest absolute Gasteiger partial charge is 0.744 e. The van der Waals surface area contributed by atoms with E-state index in [0.29, 0.717) is 5.02 Å². The normalized spacial score (nSPS) is 12.6. The molecule has 1 atom stereocenters. The average molecular weight is 390 g/mol. The minimum absolute atomic E-state index is 0. The van der Waals surface area contributed by atoms with Crippen LogP contribution in [0.15, 0.2) is 41.3 Å². The van der Waals surface area contributed by atoms with Crippen molar-refractivity contribution in [2.75, 3.05) is 0 Å². The number of hydrogen-bond donors (Lipinski definition) is 1. The molecule has 22 heavy (non-hydrogen) atoms. The number of halogens is 3. The van der Waals surface area contributed by atoms with Gasteiger partial charge in [-0.15, -0.1) is 0 Å². The maximum absolute atomic E-state index is 11.0. The molecule has 0 bridgehead atoms. The van der Waals surface area contributed by atoms with E-state index in [2.05, 4.69) is 0 Å². The predicted octanol–water partition coefficient (Wildman–Crippen LogP) is 0.637. The zero-order valence-electron chi connectivity index (χ0n) is 11.3. The monoisotopic (exact) mass is 388 g/mol. The van der Waals surface area contributed by atoms with E-state index in [0.717, 1.165) is 12.1 Å². The van der Waals surface area contributed by atoms with Gasteiger partial charge in [-0.1, -0.05) is 46.9 Å². The van der Waals surface area contributed by atoms with Crippen LogP contribution in [0.5, 0.6) is 0 Å². The van der Waals surface area contributed by atoms with Gasteiger partial charge >= 0.3 is 29.6 Å². The van der Waals surface area contributed by atoms with Crippen LogP contribution >= 0.6 is 34.8 Å². The third-order valence-corrected chi connectivity index (χ3v) is 4.45. The van der Waals surface area contributed by atoms with Crippen LogP contribution in [0.4, 0.5) is 0 Å². The number of hydrogen-bond acceptors (Lipinski definition) is 4. The van der Waals surface area contributed by atoms with Crippen LogP contribution in [0.25, 0.3) is 0 Å². The Labute approximate surface area is 165 Å². The summed E-state index contributed by atoms with van der Waals surface area (Å²) in [5.41, 5.74) is 0.362. The Hall–Kier alpha value is 0.180. The Balaban J connectivity index is 0.00000242. The van der Waals surface area contributed by atoms with Crippen molar-refractivity contribution in [3.8, 4) is 0 Å². The Morgan fingerprint density at radius 1 is 1.05 bits per heavy atom. The second-order valence-electron chi connectivity index (χ2n) is 4.21. The summed E-state index contributed by atoms with van der Waals surface area (Å²) in [6.45, 7) is 0. The molecule has 1 N–H and O–H groups in total. The fraction of sp³-hybridized carbons (Fsp3) is 0.0769. The van der Waals surface area contributed by atoms with Gasteiger partial charge in [-0.3, -0.25) is 0 Å². The number of aliphatic hydroxyl groups is 1. The predicted molar refractivity (Wildman–Crippen MR) is 79.9 cm³/mol. The van der Waals surface area contributed by atoms with E-state index in [4.69, 9.17) is 34.8 Å². The molecular weight excluding hydrogens is 382 g/mol. The van der Waals surface area contributed by atoms with E-state index < -0.39 is 21.1 Å². The molecule has 0 aliphatic carbocycles. The summed E-state index contributed by atoms with van der Waals surface area (Å²) in [6.07, 6.45) is -1.29. The van der Waals surface area contributed by atoms with Gasteiger partial charge < -0.3 is 9.66 Å². The minimum atomic E-state index is -4.62. The summed E-state index contributed by atoms with van der Waals surface area (Å²) in [6, 6.07) is 7.84. The van der Waals surface area contributed by atoms with E-state index in [1.807, 2.05) is 0 Å². The van der Waals surface area contributed by atoms with Crippen LogP contribution in [0, 0.1) is 0 Å². The molecule has 0 radical (unpaired) electrons. The molecule has 4 nitrogen and oxygen atoms in total. The Kier molecular flexibility index (Phi) is 7.20. The molecular formula is C13H8Cl3NaO4S. The van der Waals surface area contributed by atoms with Crippen molar-refractivity contribution in [3.63, 3.8) is 0 Å². The molecule has 112 valence electrons. The summed E-state index contributed by atoms with van der Waals surface area (Å²) in [4.78, 5) is -0.444. The standard InChI is InChI=1S/C13H9Cl3O4S.Na/c14-8-5-10(15)12(11(16)6-8)13(17)7-2-1-3-9(4-7)21(18,19)20;/h1-6,13,17H,(H,18,19,20);/q;+1/p-1. The summed E-state index contributed by atoms with van der Waals surface area (Å²) in [5.74, 6) is 0. The van der Waals surface area contributed by atoms with Gasteiger partial charge in [-0.2, -0.15) is 0 Å². The first kappa shape index (κ1) is 20.2. The molecule has 0 aliphatic heterocycles. The van der Waals surface area contributed by atoms with Crippen LogP contribution in [0.2, 0.25) is 15.1 Å². The number of rotatable bonds is 3. The molecule has 0 heterocycles. The van der Waals surface area contributed by atoms with Crippen molar-refractivity contribution in [1.29, 1.82) is 0 Å². The third-order valence-electron chi connectivity index (χ3n) is 2.78. The maximum Gasteiger partial charge on any atom is 1.00 e. The quantitative estimate of drug-likeness (QED) is 0.617. The molecule has 2 aromatic rings. The summed E-state index contributed by atoms with van der Waals surface area (Å²) in [7, 11) is -4.62. The second kappa shape index (κ2) is 7.83. The molecule has 0 spiro atoms. The number of benzene rings is 2. The van der Waals surface area contributed by atoms with Gasteiger partial charge in [0.2, 0.25) is 0 Å². The second-order valence-corrected chi connectivity index (χ2v) is 6.84. The van der Waals surface area contributed by atoms with Crippen molar-refractivity contribution in [2.45, 2.75) is 11.0 Å². The molecule has 0 aliphatic rings. The zero-order chi connectivity index (χ0) is 15.8. The largest absolute Gasteiger partial charge is 1.00 e. The maximum atomic E-state index is 11.0. The summed E-state index contributed by atoms with van der Waals surface area (Å²) in [5, 5.41) is 10.9. The molecule has 1 unspecified atom stereocenters. The van der Waals surface area contributed by atoms with Gasteiger partial charge in [-0.25, -0.2) is 8.42 Å². The third kappa shape index (κ3) is 4.60. The first-order valence-corrected chi connectivity index (χ1v) is 8.12. The van der Waals surface area contributed by atoms with E-state index in [1.54, 1.807) is 0 Å². The van der Waals surface area contributed by atoms with E-state index in [-0.39, 0.29) is 50.7 Å². The molecule has 0 fully saturated rings. The summed E-state index contributed by atoms with van der Waals surface area (Å²) >= 11 is 17.8. The van der Waals surface area contributed by atoms with Crippen LogP contribution < -0.4 is 29.6 Å². The van der Waals surface area contributed by atoms with Gasteiger partial charge in [0.05, 0.1) is 4.90 Å². The van der Waals surface area contributed by atoms with Crippen molar-refractivity contribution in [3.05, 3.63) is 62.6 Å². The molecule has 9 heteroatoms. The van der Waals surface area contributed by atoms with Gasteiger partial charge in [0.1, 0.15) is 16.2 Å². The van der Waals surface area contributed by atoms with E-state index in [9.17, 15) is 18.1 Å². The first-order valence-electron chi connectivity index (χ1n) is 5.58. The minimum Gasteiger partial charge on any atom is -0.744 e. The fourth-order valence-corrected chi connectivity index (χ4v) is 3.37.